The van der Waals surface area contributed by atoms with Gasteiger partial charge in [0.05, 0.1) is 6.54 Å². The summed E-state index contributed by atoms with van der Waals surface area (Å²) in [6, 6.07) is 23.4. The van der Waals surface area contributed by atoms with E-state index in [-0.39, 0.29) is 24.3 Å². The van der Waals surface area contributed by atoms with Crippen molar-refractivity contribution in [3.05, 3.63) is 95.6 Å². The minimum absolute atomic E-state index is 0.0152. The van der Waals surface area contributed by atoms with Gasteiger partial charge < -0.3 is 21.3 Å². The van der Waals surface area contributed by atoms with Gasteiger partial charge in [-0.15, -0.1) is 0 Å². The average Bonchev–Trinajstić information content (AvgIpc) is 2.85. The van der Waals surface area contributed by atoms with Crippen LogP contribution in [-0.4, -0.2) is 30.8 Å². The molecule has 0 aliphatic rings. The van der Waals surface area contributed by atoms with Gasteiger partial charge in [-0.25, -0.2) is 0 Å². The second kappa shape index (κ2) is 12.0. The van der Waals surface area contributed by atoms with Gasteiger partial charge in [-0.2, -0.15) is 0 Å². The van der Waals surface area contributed by atoms with Gasteiger partial charge in [0.15, 0.2) is 0 Å². The van der Waals surface area contributed by atoms with Crippen molar-refractivity contribution in [1.82, 2.24) is 10.6 Å². The van der Waals surface area contributed by atoms with Crippen LogP contribution in [-0.2, 0) is 11.3 Å². The average molecular weight is 445 g/mol. The van der Waals surface area contributed by atoms with E-state index in [9.17, 15) is 14.4 Å². The molecule has 3 aromatic rings. The van der Waals surface area contributed by atoms with Crippen molar-refractivity contribution >= 4 is 29.1 Å². The Morgan fingerprint density at radius 1 is 0.727 bits per heavy atom. The quantitative estimate of drug-likeness (QED) is 0.382. The number of hydrogen-bond acceptors (Lipinski definition) is 4. The van der Waals surface area contributed by atoms with Gasteiger partial charge in [0, 0.05) is 35.6 Å². The van der Waals surface area contributed by atoms with Gasteiger partial charge in [0.2, 0.25) is 5.91 Å². The van der Waals surface area contributed by atoms with Crippen LogP contribution in [0.4, 0.5) is 11.4 Å². The van der Waals surface area contributed by atoms with E-state index in [1.165, 1.54) is 0 Å². The molecular weight excluding hydrogens is 416 g/mol. The number of hydrogen-bond donors (Lipinski definition) is 4. The van der Waals surface area contributed by atoms with Gasteiger partial charge in [-0.3, -0.25) is 14.4 Å². The summed E-state index contributed by atoms with van der Waals surface area (Å²) in [7, 11) is 0. The molecule has 33 heavy (non-hydrogen) atoms. The van der Waals surface area contributed by atoms with E-state index >= 15 is 0 Å². The second-order valence-electron chi connectivity index (χ2n) is 7.49. The van der Waals surface area contributed by atoms with Crippen molar-refractivity contribution in [2.45, 2.75) is 19.9 Å². The van der Waals surface area contributed by atoms with Crippen molar-refractivity contribution < 1.29 is 14.4 Å². The fourth-order valence-corrected chi connectivity index (χ4v) is 3.12. The van der Waals surface area contributed by atoms with Crippen LogP contribution in [0, 0.1) is 0 Å². The zero-order chi connectivity index (χ0) is 23.5. The Hall–Kier alpha value is -4.13. The van der Waals surface area contributed by atoms with E-state index in [2.05, 4.69) is 21.3 Å². The first kappa shape index (κ1) is 23.5. The van der Waals surface area contributed by atoms with Crippen molar-refractivity contribution in [2.75, 3.05) is 23.7 Å². The molecule has 0 fully saturated rings. The van der Waals surface area contributed by atoms with Crippen LogP contribution in [0.2, 0.25) is 0 Å². The van der Waals surface area contributed by atoms with Crippen LogP contribution < -0.4 is 21.3 Å². The molecule has 0 radical (unpaired) electrons. The largest absolute Gasteiger partial charge is 0.376 e. The van der Waals surface area contributed by atoms with E-state index in [0.717, 1.165) is 12.0 Å². The highest BCUT2D eigenvalue weighted by atomic mass is 16.2. The maximum absolute atomic E-state index is 12.5. The molecule has 170 valence electrons. The monoisotopic (exact) mass is 444 g/mol. The topological polar surface area (TPSA) is 99.3 Å². The molecule has 0 unspecified atom stereocenters. The van der Waals surface area contributed by atoms with Crippen molar-refractivity contribution in [2.24, 2.45) is 0 Å². The van der Waals surface area contributed by atoms with Crippen LogP contribution in [0.5, 0.6) is 0 Å². The lowest BCUT2D eigenvalue weighted by Gasteiger charge is -2.11. The van der Waals surface area contributed by atoms with Crippen LogP contribution in [0.25, 0.3) is 0 Å². The molecule has 0 heterocycles. The molecule has 0 saturated heterocycles. The minimum atomic E-state index is -0.264. The Bertz CT molecular complexity index is 1100. The number of benzene rings is 3. The van der Waals surface area contributed by atoms with Crippen LogP contribution in [0.1, 0.15) is 39.6 Å². The summed E-state index contributed by atoms with van der Waals surface area (Å²) in [6.45, 7) is 3.04. The summed E-state index contributed by atoms with van der Waals surface area (Å²) in [5.41, 5.74) is 3.21. The van der Waals surface area contributed by atoms with Gasteiger partial charge in [-0.05, 0) is 48.4 Å². The summed E-state index contributed by atoms with van der Waals surface area (Å²) in [6.07, 6.45) is 0.851. The maximum Gasteiger partial charge on any atom is 0.251 e. The molecule has 0 atom stereocenters. The predicted octanol–water partition coefficient (Wildman–Crippen LogP) is 3.81. The van der Waals surface area contributed by atoms with Crippen LogP contribution in [0.3, 0.4) is 0 Å². The third-order valence-electron chi connectivity index (χ3n) is 4.82. The molecule has 0 aliphatic carbocycles. The van der Waals surface area contributed by atoms with Gasteiger partial charge in [0.25, 0.3) is 11.8 Å². The number of rotatable bonds is 10. The highest BCUT2D eigenvalue weighted by Crippen LogP contribution is 2.13. The molecule has 7 nitrogen and oxygen atoms in total. The molecule has 0 saturated carbocycles. The SMILES string of the molecule is CCCNC(=O)c1cccc(NC(=O)CNc2cccc(C(=O)NCc3ccccc3)c2)c1. The Balaban J connectivity index is 1.51. The van der Waals surface area contributed by atoms with Crippen molar-refractivity contribution in [3.63, 3.8) is 0 Å². The summed E-state index contributed by atoms with van der Waals surface area (Å²) < 4.78 is 0. The summed E-state index contributed by atoms with van der Waals surface area (Å²) >= 11 is 0. The standard InChI is InChI=1S/C26H28N4O3/c1-2-14-27-25(32)21-11-7-13-23(16-21)30-24(31)18-28-22-12-6-10-20(15-22)26(33)29-17-19-8-4-3-5-9-19/h3-13,15-16,28H,2,14,17-18H2,1H3,(H,27,32)(H,29,33)(H,30,31). The number of nitrogens with one attached hydrogen (secondary N) is 4. The third kappa shape index (κ3) is 7.50. The van der Waals surface area contributed by atoms with Crippen LogP contribution in [0.15, 0.2) is 78.9 Å². The Kier molecular flexibility index (Phi) is 8.59. The smallest absolute Gasteiger partial charge is 0.251 e. The highest BCUT2D eigenvalue weighted by molar-refractivity contribution is 5.98. The molecular formula is C26H28N4O3. The fraction of sp³-hybridized carbons (Fsp3) is 0.192. The van der Waals surface area contributed by atoms with E-state index in [4.69, 9.17) is 0 Å². The van der Waals surface area contributed by atoms with E-state index in [0.29, 0.717) is 35.6 Å². The van der Waals surface area contributed by atoms with Crippen molar-refractivity contribution in [3.8, 4) is 0 Å². The number of carbonyl (C=O) groups excluding carboxylic acids is 3. The molecule has 0 aromatic heterocycles. The minimum Gasteiger partial charge on any atom is -0.376 e. The van der Waals surface area contributed by atoms with Crippen LogP contribution >= 0.6 is 0 Å². The Morgan fingerprint density at radius 3 is 2.06 bits per heavy atom. The number of carbonyl (C=O) groups is 3. The molecule has 3 rings (SSSR count). The van der Waals surface area contributed by atoms with Gasteiger partial charge in [0.1, 0.15) is 0 Å². The lowest BCUT2D eigenvalue weighted by Crippen LogP contribution is -2.25. The highest BCUT2D eigenvalue weighted by Gasteiger charge is 2.09. The molecule has 0 spiro atoms. The Labute approximate surface area is 193 Å². The fourth-order valence-electron chi connectivity index (χ4n) is 3.12. The molecule has 3 amide bonds. The summed E-state index contributed by atoms with van der Waals surface area (Å²) in [4.78, 5) is 36.9. The van der Waals surface area contributed by atoms with Gasteiger partial charge in [-0.1, -0.05) is 49.4 Å². The molecule has 3 aromatic carbocycles. The maximum atomic E-state index is 12.5. The van der Waals surface area contributed by atoms with Gasteiger partial charge >= 0.3 is 0 Å². The predicted molar refractivity (Wildman–Crippen MR) is 130 cm³/mol. The normalized spacial score (nSPS) is 10.2. The Morgan fingerprint density at radius 2 is 1.36 bits per heavy atom. The lowest BCUT2D eigenvalue weighted by molar-refractivity contribution is -0.114. The summed E-state index contributed by atoms with van der Waals surface area (Å²) in [5, 5.41) is 11.5. The van der Waals surface area contributed by atoms with Crippen molar-refractivity contribution in [1.29, 1.82) is 0 Å². The zero-order valence-corrected chi connectivity index (χ0v) is 18.6. The molecule has 0 bridgehead atoms. The lowest BCUT2D eigenvalue weighted by atomic mass is 10.1. The first-order valence-corrected chi connectivity index (χ1v) is 10.9. The first-order valence-electron chi connectivity index (χ1n) is 10.9. The number of anilines is 2. The summed E-state index contributed by atoms with van der Waals surface area (Å²) in [5.74, 6) is -0.626. The number of amides is 3. The molecule has 4 N–H and O–H groups in total. The second-order valence-corrected chi connectivity index (χ2v) is 7.49. The third-order valence-corrected chi connectivity index (χ3v) is 4.82. The molecule has 0 aliphatic heterocycles. The first-order chi connectivity index (χ1) is 16.0. The zero-order valence-electron chi connectivity index (χ0n) is 18.6. The van der Waals surface area contributed by atoms with E-state index in [1.54, 1.807) is 48.5 Å². The van der Waals surface area contributed by atoms with E-state index in [1.807, 2.05) is 37.3 Å². The van der Waals surface area contributed by atoms with E-state index < -0.39 is 0 Å². The molecule has 7 heteroatoms.